The summed E-state index contributed by atoms with van der Waals surface area (Å²) in [4.78, 5) is 22.8. The fourth-order valence-corrected chi connectivity index (χ4v) is 3.34. The summed E-state index contributed by atoms with van der Waals surface area (Å²) in [6.45, 7) is 3.64. The molecule has 1 fully saturated rings. The van der Waals surface area contributed by atoms with Crippen LogP contribution in [-0.2, 0) is 11.3 Å². The normalized spacial score (nSPS) is 13.6. The highest BCUT2D eigenvalue weighted by Crippen LogP contribution is 2.22. The van der Waals surface area contributed by atoms with Crippen LogP contribution in [0.3, 0.4) is 0 Å². The summed E-state index contributed by atoms with van der Waals surface area (Å²) < 4.78 is 5.40. The maximum atomic E-state index is 11.8. The highest BCUT2D eigenvalue weighted by Gasteiger charge is 2.14. The summed E-state index contributed by atoms with van der Waals surface area (Å²) in [6, 6.07) is 15.5. The summed E-state index contributed by atoms with van der Waals surface area (Å²) in [6.07, 6.45) is 1.41. The topological polar surface area (TPSA) is 131 Å². The number of rotatable bonds is 7. The average Bonchev–Trinajstić information content (AvgIpc) is 2.79. The monoisotopic (exact) mass is 419 g/mol. The number of amides is 1. The molecule has 31 heavy (non-hydrogen) atoms. The number of hydrogen-bond acceptors (Lipinski definition) is 8. The number of ether oxygens (including phenoxy) is 1. The number of nitrogens with two attached hydrogens (primary N) is 2. The Balaban J connectivity index is 1.48. The second-order valence-corrected chi connectivity index (χ2v) is 7.14. The van der Waals surface area contributed by atoms with Crippen LogP contribution in [0.15, 0.2) is 54.7 Å². The van der Waals surface area contributed by atoms with Crippen LogP contribution in [0, 0.1) is 0 Å². The van der Waals surface area contributed by atoms with Gasteiger partial charge < -0.3 is 31.7 Å². The molecule has 1 aliphatic rings. The van der Waals surface area contributed by atoms with Gasteiger partial charge in [-0.1, -0.05) is 18.2 Å². The van der Waals surface area contributed by atoms with E-state index in [-0.39, 0.29) is 5.56 Å². The molecular weight excluding hydrogens is 394 g/mol. The van der Waals surface area contributed by atoms with Crippen LogP contribution in [-0.4, -0.2) is 42.2 Å². The molecule has 3 aromatic rings. The number of anilines is 5. The molecule has 0 unspecified atom stereocenters. The molecule has 0 spiro atoms. The van der Waals surface area contributed by atoms with Crippen LogP contribution in [0.4, 0.5) is 28.8 Å². The van der Waals surface area contributed by atoms with Gasteiger partial charge in [0.15, 0.2) is 0 Å². The minimum absolute atomic E-state index is 0.211. The van der Waals surface area contributed by atoms with Gasteiger partial charge in [0.05, 0.1) is 18.8 Å². The van der Waals surface area contributed by atoms with Crippen LogP contribution in [0.25, 0.3) is 0 Å². The van der Waals surface area contributed by atoms with Gasteiger partial charge in [-0.3, -0.25) is 4.79 Å². The molecule has 0 radical (unpaired) electrons. The Labute approximate surface area is 180 Å². The predicted molar refractivity (Wildman–Crippen MR) is 121 cm³/mol. The summed E-state index contributed by atoms with van der Waals surface area (Å²) in [5, 5.41) is 6.31. The number of morpholine rings is 1. The largest absolute Gasteiger partial charge is 0.398 e. The van der Waals surface area contributed by atoms with E-state index >= 15 is 0 Å². The van der Waals surface area contributed by atoms with E-state index in [1.807, 2.05) is 48.5 Å². The second kappa shape index (κ2) is 9.31. The summed E-state index contributed by atoms with van der Waals surface area (Å²) in [5.41, 5.74) is 15.2. The van der Waals surface area contributed by atoms with Crippen molar-refractivity contribution in [1.82, 2.24) is 9.97 Å². The van der Waals surface area contributed by atoms with Gasteiger partial charge in [-0.15, -0.1) is 0 Å². The van der Waals surface area contributed by atoms with Gasteiger partial charge >= 0.3 is 0 Å². The van der Waals surface area contributed by atoms with Gasteiger partial charge in [0.25, 0.3) is 5.91 Å². The lowest BCUT2D eigenvalue weighted by Crippen LogP contribution is -2.36. The van der Waals surface area contributed by atoms with Crippen LogP contribution < -0.4 is 27.0 Å². The SMILES string of the molecule is NC(=O)c1cnc(Nc2ccc(N3CCOCC3)cc2)nc1NCc1ccccc1N. The molecule has 2 aromatic carbocycles. The van der Waals surface area contributed by atoms with Crippen molar-refractivity contribution >= 4 is 34.7 Å². The quantitative estimate of drug-likeness (QED) is 0.429. The zero-order valence-corrected chi connectivity index (χ0v) is 17.0. The van der Waals surface area contributed by atoms with Crippen molar-refractivity contribution < 1.29 is 9.53 Å². The molecule has 0 bridgehead atoms. The maximum Gasteiger partial charge on any atom is 0.254 e. The van der Waals surface area contributed by atoms with Crippen LogP contribution in [0.5, 0.6) is 0 Å². The third kappa shape index (κ3) is 5.01. The van der Waals surface area contributed by atoms with Crippen molar-refractivity contribution in [2.45, 2.75) is 6.54 Å². The highest BCUT2D eigenvalue weighted by molar-refractivity contribution is 5.97. The van der Waals surface area contributed by atoms with Crippen molar-refractivity contribution in [3.8, 4) is 0 Å². The summed E-state index contributed by atoms with van der Waals surface area (Å²) in [7, 11) is 0. The van der Waals surface area contributed by atoms with Gasteiger partial charge in [0.1, 0.15) is 5.82 Å². The Morgan fingerprint density at radius 2 is 1.84 bits per heavy atom. The lowest BCUT2D eigenvalue weighted by molar-refractivity contribution is 0.100. The van der Waals surface area contributed by atoms with E-state index in [0.29, 0.717) is 24.0 Å². The molecule has 1 amide bonds. The zero-order chi connectivity index (χ0) is 21.6. The maximum absolute atomic E-state index is 11.8. The van der Waals surface area contributed by atoms with E-state index in [1.165, 1.54) is 6.20 Å². The molecular formula is C22H25N7O2. The van der Waals surface area contributed by atoms with E-state index in [1.54, 1.807) is 0 Å². The van der Waals surface area contributed by atoms with E-state index in [9.17, 15) is 4.79 Å². The first-order valence-corrected chi connectivity index (χ1v) is 10.0. The van der Waals surface area contributed by atoms with Crippen molar-refractivity contribution in [2.75, 3.05) is 47.6 Å². The van der Waals surface area contributed by atoms with Gasteiger partial charge in [0, 0.05) is 42.9 Å². The van der Waals surface area contributed by atoms with E-state index in [0.717, 1.165) is 43.2 Å². The molecule has 0 aliphatic carbocycles. The van der Waals surface area contributed by atoms with Crippen LogP contribution in [0.2, 0.25) is 0 Å². The van der Waals surface area contributed by atoms with Gasteiger partial charge in [-0.25, -0.2) is 4.98 Å². The number of primary amides is 1. The molecule has 9 heteroatoms. The van der Waals surface area contributed by atoms with E-state index in [2.05, 4.69) is 25.5 Å². The summed E-state index contributed by atoms with van der Waals surface area (Å²) >= 11 is 0. The van der Waals surface area contributed by atoms with Crippen molar-refractivity contribution in [3.05, 3.63) is 65.9 Å². The minimum Gasteiger partial charge on any atom is -0.398 e. The second-order valence-electron chi connectivity index (χ2n) is 7.14. The first kappa shape index (κ1) is 20.4. The Hall–Kier alpha value is -3.85. The number of benzene rings is 2. The number of para-hydroxylation sites is 1. The molecule has 0 saturated carbocycles. The van der Waals surface area contributed by atoms with Gasteiger partial charge in [-0.05, 0) is 35.9 Å². The third-order valence-electron chi connectivity index (χ3n) is 5.06. The molecule has 1 aromatic heterocycles. The van der Waals surface area contributed by atoms with Crippen molar-refractivity contribution in [2.24, 2.45) is 5.73 Å². The standard InChI is InChI=1S/C22H25N7O2/c23-19-4-2-1-3-15(19)13-25-21-18(20(24)30)14-26-22(28-21)27-16-5-7-17(8-6-16)29-9-11-31-12-10-29/h1-8,14H,9-13,23H2,(H2,24,30)(H2,25,26,27,28). The zero-order valence-electron chi connectivity index (χ0n) is 17.0. The van der Waals surface area contributed by atoms with Gasteiger partial charge in [0.2, 0.25) is 5.95 Å². The Kier molecular flexibility index (Phi) is 6.13. The Bertz CT molecular complexity index is 1050. The van der Waals surface area contributed by atoms with Crippen molar-refractivity contribution in [3.63, 3.8) is 0 Å². The lowest BCUT2D eigenvalue weighted by atomic mass is 10.2. The molecule has 6 N–H and O–H groups in total. The number of hydrogen-bond donors (Lipinski definition) is 4. The molecule has 0 atom stereocenters. The smallest absolute Gasteiger partial charge is 0.254 e. The average molecular weight is 419 g/mol. The number of nitrogen functional groups attached to an aromatic ring is 1. The Morgan fingerprint density at radius 1 is 1.10 bits per heavy atom. The molecule has 1 saturated heterocycles. The predicted octanol–water partition coefficient (Wildman–Crippen LogP) is 2.35. The lowest BCUT2D eigenvalue weighted by Gasteiger charge is -2.28. The van der Waals surface area contributed by atoms with E-state index < -0.39 is 5.91 Å². The number of nitrogens with one attached hydrogen (secondary N) is 2. The summed E-state index contributed by atoms with van der Waals surface area (Å²) in [5.74, 6) is 0.0933. The van der Waals surface area contributed by atoms with Crippen LogP contribution >= 0.6 is 0 Å². The van der Waals surface area contributed by atoms with Crippen molar-refractivity contribution in [1.29, 1.82) is 0 Å². The molecule has 9 nitrogen and oxygen atoms in total. The highest BCUT2D eigenvalue weighted by atomic mass is 16.5. The third-order valence-corrected chi connectivity index (χ3v) is 5.06. The van der Waals surface area contributed by atoms with E-state index in [4.69, 9.17) is 16.2 Å². The fraction of sp³-hybridized carbons (Fsp3) is 0.227. The van der Waals surface area contributed by atoms with Crippen LogP contribution in [0.1, 0.15) is 15.9 Å². The number of nitrogens with zero attached hydrogens (tertiary/aromatic N) is 3. The number of aromatic nitrogens is 2. The first-order valence-electron chi connectivity index (χ1n) is 10.0. The molecule has 1 aliphatic heterocycles. The van der Waals surface area contributed by atoms with Gasteiger partial charge in [-0.2, -0.15) is 4.98 Å². The molecule has 160 valence electrons. The Morgan fingerprint density at radius 3 is 2.55 bits per heavy atom. The minimum atomic E-state index is -0.607. The first-order chi connectivity index (χ1) is 15.1. The number of carbonyl (C=O) groups is 1. The molecule has 2 heterocycles. The molecule has 4 rings (SSSR count). The number of carbonyl (C=O) groups excluding carboxylic acids is 1. The fourth-order valence-electron chi connectivity index (χ4n) is 3.34.